The Labute approximate surface area is 189 Å². The minimum Gasteiger partial charge on any atom is -0.489 e. The molecule has 5 atom stereocenters. The highest BCUT2D eigenvalue weighted by atomic mass is 16.5. The molecule has 1 heterocycles. The van der Waals surface area contributed by atoms with E-state index in [0.29, 0.717) is 6.42 Å². The van der Waals surface area contributed by atoms with Gasteiger partial charge in [0.2, 0.25) is 0 Å². The molecule has 1 aliphatic heterocycles. The summed E-state index contributed by atoms with van der Waals surface area (Å²) in [7, 11) is 0. The molecule has 1 aromatic rings. The summed E-state index contributed by atoms with van der Waals surface area (Å²) in [5.74, 6) is 1.25. The minimum absolute atomic E-state index is 0.0123. The number of aliphatic hydroxyl groups is 2. The van der Waals surface area contributed by atoms with Crippen molar-refractivity contribution >= 4 is 0 Å². The number of aliphatic hydroxyl groups excluding tert-OH is 2. The average Bonchev–Trinajstić information content (AvgIpc) is 3.20. The van der Waals surface area contributed by atoms with Gasteiger partial charge in [-0.25, -0.2) is 0 Å². The molecular weight excluding hydrogens is 386 g/mol. The Morgan fingerprint density at radius 1 is 1.19 bits per heavy atom. The molecule has 0 bridgehead atoms. The third kappa shape index (κ3) is 6.57. The average molecular weight is 430 g/mol. The van der Waals surface area contributed by atoms with Crippen molar-refractivity contribution in [2.24, 2.45) is 5.92 Å². The first-order valence-corrected chi connectivity index (χ1v) is 12.4. The predicted octanol–water partition coefficient (Wildman–Crippen LogP) is 5.12. The quantitative estimate of drug-likeness (QED) is 0.337. The predicted molar refractivity (Wildman–Crippen MR) is 128 cm³/mol. The molecule has 0 radical (unpaired) electrons. The largest absolute Gasteiger partial charge is 0.489 e. The van der Waals surface area contributed by atoms with Gasteiger partial charge in [0.1, 0.15) is 11.9 Å². The third-order valence-electron chi connectivity index (χ3n) is 6.68. The van der Waals surface area contributed by atoms with Crippen LogP contribution in [0.4, 0.5) is 0 Å². The lowest BCUT2D eigenvalue weighted by atomic mass is 9.86. The zero-order chi connectivity index (χ0) is 22.4. The molecule has 1 saturated carbocycles. The number of nitrogens with one attached hydrogen (secondary N) is 1. The highest BCUT2D eigenvalue weighted by Crippen LogP contribution is 2.52. The van der Waals surface area contributed by atoms with E-state index in [0.717, 1.165) is 57.2 Å². The Morgan fingerprint density at radius 3 is 2.74 bits per heavy atom. The van der Waals surface area contributed by atoms with Gasteiger partial charge in [0.15, 0.2) is 0 Å². The topological polar surface area (TPSA) is 61.7 Å². The first-order valence-electron chi connectivity index (χ1n) is 12.4. The second-order valence-electron chi connectivity index (χ2n) is 10.5. The first kappa shape index (κ1) is 24.3. The number of aryl methyl sites for hydroxylation is 1. The highest BCUT2D eigenvalue weighted by molar-refractivity contribution is 5.49. The lowest BCUT2D eigenvalue weighted by molar-refractivity contribution is 0.135. The molecule has 1 fully saturated rings. The van der Waals surface area contributed by atoms with Gasteiger partial charge in [-0.05, 0) is 58.6 Å². The van der Waals surface area contributed by atoms with E-state index in [1.54, 1.807) is 0 Å². The Bertz CT molecular complexity index is 724. The molecular formula is C27H43NO3. The Kier molecular flexibility index (Phi) is 8.60. The van der Waals surface area contributed by atoms with Crippen LogP contribution >= 0.6 is 0 Å². The third-order valence-corrected chi connectivity index (χ3v) is 6.68. The number of hydrogen-bond donors (Lipinski definition) is 3. The number of unbranched alkanes of at least 4 members (excludes halogenated alkanes) is 3. The van der Waals surface area contributed by atoms with E-state index in [4.69, 9.17) is 4.74 Å². The van der Waals surface area contributed by atoms with E-state index < -0.39 is 12.2 Å². The molecule has 3 N–H and O–H groups in total. The van der Waals surface area contributed by atoms with Crippen LogP contribution in [0.25, 0.3) is 0 Å². The number of benzene rings is 1. The molecule has 174 valence electrons. The van der Waals surface area contributed by atoms with Gasteiger partial charge in [0, 0.05) is 29.4 Å². The van der Waals surface area contributed by atoms with Crippen molar-refractivity contribution in [3.8, 4) is 5.75 Å². The number of fused-ring (bicyclic) bond motifs is 3. The minimum atomic E-state index is -0.423. The van der Waals surface area contributed by atoms with Crippen LogP contribution in [-0.4, -0.2) is 40.6 Å². The van der Waals surface area contributed by atoms with Crippen molar-refractivity contribution in [3.63, 3.8) is 0 Å². The SMILES string of the molecule is CCCCC[C@H](O)/C=C/[C@@H]1[C@H]2c3cccc(CCCCNC(C)(C)C)c3O[C@H]2C[C@H]1O. The number of ether oxygens (including phenoxy) is 1. The van der Waals surface area contributed by atoms with E-state index in [9.17, 15) is 10.2 Å². The maximum Gasteiger partial charge on any atom is 0.126 e. The zero-order valence-corrected chi connectivity index (χ0v) is 19.9. The molecule has 2 aliphatic rings. The van der Waals surface area contributed by atoms with Crippen molar-refractivity contribution < 1.29 is 14.9 Å². The van der Waals surface area contributed by atoms with Gasteiger partial charge in [0.05, 0.1) is 12.2 Å². The summed E-state index contributed by atoms with van der Waals surface area (Å²) in [6.07, 6.45) is 11.3. The zero-order valence-electron chi connectivity index (χ0n) is 19.9. The molecule has 4 nitrogen and oxygen atoms in total. The standard InChI is InChI=1S/C27H43NO3/c1-5-6-7-13-20(29)15-16-21-23(30)18-24-25(21)22-14-10-12-19(26(22)31-24)11-8-9-17-28-27(2,3)4/h10,12,14-16,20-21,23-25,28-30H,5-9,11,13,17-18H2,1-4H3/b16-15+/t20-,21-,23+,24-,25-/m0/s1. The molecule has 31 heavy (non-hydrogen) atoms. The maximum atomic E-state index is 10.7. The van der Waals surface area contributed by atoms with E-state index in [1.807, 2.05) is 6.08 Å². The molecule has 3 rings (SSSR count). The second kappa shape index (κ2) is 11.0. The smallest absolute Gasteiger partial charge is 0.126 e. The van der Waals surface area contributed by atoms with E-state index >= 15 is 0 Å². The van der Waals surface area contributed by atoms with Crippen LogP contribution in [0.5, 0.6) is 5.75 Å². The first-order chi connectivity index (χ1) is 14.8. The lowest BCUT2D eigenvalue weighted by Gasteiger charge is -2.20. The van der Waals surface area contributed by atoms with Gasteiger partial charge in [-0.1, -0.05) is 56.5 Å². The Morgan fingerprint density at radius 2 is 2.00 bits per heavy atom. The molecule has 0 spiro atoms. The summed E-state index contributed by atoms with van der Waals surface area (Å²) in [4.78, 5) is 0. The van der Waals surface area contributed by atoms with E-state index in [2.05, 4.69) is 57.3 Å². The summed E-state index contributed by atoms with van der Waals surface area (Å²) >= 11 is 0. The van der Waals surface area contributed by atoms with Crippen LogP contribution in [0, 0.1) is 5.92 Å². The van der Waals surface area contributed by atoms with E-state index in [1.165, 1.54) is 11.1 Å². The Balaban J connectivity index is 1.61. The fourth-order valence-corrected chi connectivity index (χ4v) is 5.03. The van der Waals surface area contributed by atoms with Gasteiger partial charge < -0.3 is 20.3 Å². The summed E-state index contributed by atoms with van der Waals surface area (Å²) in [5.41, 5.74) is 2.70. The van der Waals surface area contributed by atoms with Crippen LogP contribution in [-0.2, 0) is 6.42 Å². The molecule has 1 aliphatic carbocycles. The Hall–Kier alpha value is -1.36. The van der Waals surface area contributed by atoms with Gasteiger partial charge in [0.25, 0.3) is 0 Å². The van der Waals surface area contributed by atoms with Crippen LogP contribution in [0.3, 0.4) is 0 Å². The van der Waals surface area contributed by atoms with Crippen LogP contribution in [0.2, 0.25) is 0 Å². The van der Waals surface area contributed by atoms with E-state index in [-0.39, 0.29) is 23.5 Å². The van der Waals surface area contributed by atoms with Gasteiger partial charge >= 0.3 is 0 Å². The van der Waals surface area contributed by atoms with Crippen molar-refractivity contribution in [3.05, 3.63) is 41.5 Å². The summed E-state index contributed by atoms with van der Waals surface area (Å²) in [6, 6.07) is 6.50. The van der Waals surface area contributed by atoms with Crippen molar-refractivity contribution in [1.29, 1.82) is 0 Å². The van der Waals surface area contributed by atoms with Crippen LogP contribution in [0.1, 0.15) is 89.7 Å². The maximum absolute atomic E-state index is 10.7. The summed E-state index contributed by atoms with van der Waals surface area (Å²) < 4.78 is 6.39. The lowest BCUT2D eigenvalue weighted by Crippen LogP contribution is -2.36. The van der Waals surface area contributed by atoms with Crippen molar-refractivity contribution in [1.82, 2.24) is 5.32 Å². The molecule has 0 unspecified atom stereocenters. The second-order valence-corrected chi connectivity index (χ2v) is 10.5. The molecule has 0 amide bonds. The van der Waals surface area contributed by atoms with Gasteiger partial charge in [-0.3, -0.25) is 0 Å². The fourth-order valence-electron chi connectivity index (χ4n) is 5.03. The summed E-state index contributed by atoms with van der Waals surface area (Å²) in [6.45, 7) is 9.81. The number of hydrogen-bond acceptors (Lipinski definition) is 4. The van der Waals surface area contributed by atoms with Gasteiger partial charge in [-0.15, -0.1) is 0 Å². The van der Waals surface area contributed by atoms with Crippen LogP contribution in [0.15, 0.2) is 30.4 Å². The van der Waals surface area contributed by atoms with Gasteiger partial charge in [-0.2, -0.15) is 0 Å². The number of rotatable bonds is 11. The van der Waals surface area contributed by atoms with Crippen LogP contribution < -0.4 is 10.1 Å². The molecule has 4 heteroatoms. The molecule has 1 aromatic carbocycles. The molecule has 0 saturated heterocycles. The monoisotopic (exact) mass is 429 g/mol. The highest BCUT2D eigenvalue weighted by Gasteiger charge is 2.48. The molecule has 0 aromatic heterocycles. The normalized spacial score (nSPS) is 26.1. The fraction of sp³-hybridized carbons (Fsp3) is 0.704. The summed E-state index contributed by atoms with van der Waals surface area (Å²) in [5, 5.41) is 24.5. The number of para-hydroxylation sites is 1. The van der Waals surface area contributed by atoms with Crippen molar-refractivity contribution in [2.75, 3.05) is 6.54 Å². The van der Waals surface area contributed by atoms with Crippen molar-refractivity contribution in [2.45, 2.75) is 109 Å².